The van der Waals surface area contributed by atoms with Crippen molar-refractivity contribution in [3.63, 3.8) is 0 Å². The number of rotatable bonds is 5. The highest BCUT2D eigenvalue weighted by atomic mass is 32.2. The van der Waals surface area contributed by atoms with E-state index in [9.17, 15) is 4.79 Å². The Morgan fingerprint density at radius 3 is 2.52 bits per heavy atom. The third-order valence-corrected chi connectivity index (χ3v) is 5.61. The Morgan fingerprint density at radius 2 is 1.69 bits per heavy atom. The van der Waals surface area contributed by atoms with Crippen LogP contribution in [0.2, 0.25) is 0 Å². The number of anilines is 1. The molecule has 0 saturated carbocycles. The molecule has 0 spiro atoms. The maximum Gasteiger partial charge on any atom is 0.258 e. The minimum atomic E-state index is -0.145. The highest BCUT2D eigenvalue weighted by Crippen LogP contribution is 2.26. The van der Waals surface area contributed by atoms with E-state index >= 15 is 0 Å². The molecule has 0 fully saturated rings. The molecule has 0 saturated heterocycles. The van der Waals surface area contributed by atoms with Crippen LogP contribution in [0.15, 0.2) is 78.1 Å². The number of amides is 1. The summed E-state index contributed by atoms with van der Waals surface area (Å²) in [6.45, 7) is 4.04. The van der Waals surface area contributed by atoms with Crippen molar-refractivity contribution >= 4 is 34.3 Å². The molecule has 2 heterocycles. The number of thioether (sulfide) groups is 1. The lowest BCUT2D eigenvalue weighted by atomic mass is 10.1. The fraction of sp³-hybridized carbons (Fsp3) is 0.125. The number of fused-ring (bicyclic) bond motifs is 1. The van der Waals surface area contributed by atoms with Gasteiger partial charge in [0, 0.05) is 29.2 Å². The highest BCUT2D eigenvalue weighted by molar-refractivity contribution is 7.98. The van der Waals surface area contributed by atoms with Crippen LogP contribution in [0.25, 0.3) is 10.9 Å². The van der Waals surface area contributed by atoms with Crippen molar-refractivity contribution in [2.45, 2.75) is 24.6 Å². The Balaban J connectivity index is 1.52. The monoisotopic (exact) mass is 399 g/mol. The Labute approximate surface area is 174 Å². The number of nitrogens with one attached hydrogen (secondary N) is 1. The number of nitrogens with zero attached hydrogens (tertiary/aromatic N) is 2. The first-order valence-electron chi connectivity index (χ1n) is 9.39. The molecule has 1 N–H and O–H groups in total. The van der Waals surface area contributed by atoms with Crippen LogP contribution in [-0.2, 0) is 5.75 Å². The first-order valence-corrected chi connectivity index (χ1v) is 10.4. The summed E-state index contributed by atoms with van der Waals surface area (Å²) in [5.74, 6) is 0.583. The van der Waals surface area contributed by atoms with Gasteiger partial charge in [0.2, 0.25) is 0 Å². The van der Waals surface area contributed by atoms with Crippen LogP contribution < -0.4 is 5.32 Å². The Hall–Kier alpha value is -3.18. The lowest BCUT2D eigenvalue weighted by molar-refractivity contribution is 0.102. The summed E-state index contributed by atoms with van der Waals surface area (Å²) in [5, 5.41) is 4.84. The van der Waals surface area contributed by atoms with Crippen molar-refractivity contribution in [3.05, 3.63) is 95.3 Å². The average molecular weight is 400 g/mol. The fourth-order valence-electron chi connectivity index (χ4n) is 3.29. The molecule has 29 heavy (non-hydrogen) atoms. The van der Waals surface area contributed by atoms with Crippen LogP contribution in [0.1, 0.15) is 27.0 Å². The van der Waals surface area contributed by atoms with E-state index in [2.05, 4.69) is 39.6 Å². The van der Waals surface area contributed by atoms with Gasteiger partial charge < -0.3 is 5.32 Å². The third kappa shape index (κ3) is 4.63. The van der Waals surface area contributed by atoms with Crippen LogP contribution in [0.4, 0.5) is 5.69 Å². The van der Waals surface area contributed by atoms with Crippen LogP contribution in [0.5, 0.6) is 0 Å². The van der Waals surface area contributed by atoms with Gasteiger partial charge in [-0.05, 0) is 73.0 Å². The molecule has 0 aliphatic carbocycles. The molecule has 0 aliphatic heterocycles. The number of hydrogen-bond acceptors (Lipinski definition) is 4. The summed E-state index contributed by atoms with van der Waals surface area (Å²) in [6.07, 6.45) is 3.52. The summed E-state index contributed by atoms with van der Waals surface area (Å²) in [5.41, 5.74) is 5.77. The largest absolute Gasteiger partial charge is 0.322 e. The van der Waals surface area contributed by atoms with Gasteiger partial charge in [-0.15, -0.1) is 11.8 Å². The molecular weight excluding hydrogens is 378 g/mol. The number of aryl methyl sites for hydroxylation is 2. The minimum Gasteiger partial charge on any atom is -0.322 e. The van der Waals surface area contributed by atoms with Gasteiger partial charge in [0.15, 0.2) is 0 Å². The SMILES string of the molecule is Cc1cc(C)cc(NC(=O)c2cccnc2SCc2ccc3ncccc3c2)c1. The Morgan fingerprint density at radius 1 is 0.931 bits per heavy atom. The predicted octanol–water partition coefficient (Wildman–Crippen LogP) is 5.79. The van der Waals surface area contributed by atoms with E-state index in [0.717, 1.165) is 38.5 Å². The molecular formula is C24H21N3OS. The molecule has 0 aliphatic rings. The van der Waals surface area contributed by atoms with Crippen molar-refractivity contribution in [2.75, 3.05) is 5.32 Å². The molecule has 0 radical (unpaired) electrons. The second-order valence-corrected chi connectivity index (χ2v) is 7.97. The van der Waals surface area contributed by atoms with Gasteiger partial charge in [0.05, 0.1) is 11.1 Å². The molecule has 144 valence electrons. The first-order chi connectivity index (χ1) is 14.1. The Bertz CT molecular complexity index is 1170. The summed E-state index contributed by atoms with van der Waals surface area (Å²) < 4.78 is 0. The number of carbonyl (C=O) groups is 1. The van der Waals surface area contributed by atoms with Crippen molar-refractivity contribution in [3.8, 4) is 0 Å². The van der Waals surface area contributed by atoms with Crippen LogP contribution in [-0.4, -0.2) is 15.9 Å². The van der Waals surface area contributed by atoms with E-state index in [1.54, 1.807) is 30.2 Å². The van der Waals surface area contributed by atoms with Gasteiger partial charge in [0.25, 0.3) is 5.91 Å². The van der Waals surface area contributed by atoms with E-state index < -0.39 is 0 Å². The van der Waals surface area contributed by atoms with Gasteiger partial charge in [-0.3, -0.25) is 9.78 Å². The lowest BCUT2D eigenvalue weighted by Crippen LogP contribution is -2.13. The van der Waals surface area contributed by atoms with Gasteiger partial charge in [-0.25, -0.2) is 4.98 Å². The van der Waals surface area contributed by atoms with E-state index in [1.807, 2.05) is 44.2 Å². The number of pyridine rings is 2. The van der Waals surface area contributed by atoms with Crippen molar-refractivity contribution in [2.24, 2.45) is 0 Å². The zero-order chi connectivity index (χ0) is 20.2. The zero-order valence-corrected chi connectivity index (χ0v) is 17.2. The lowest BCUT2D eigenvalue weighted by Gasteiger charge is -2.10. The van der Waals surface area contributed by atoms with Gasteiger partial charge in [0.1, 0.15) is 5.03 Å². The van der Waals surface area contributed by atoms with Gasteiger partial charge >= 0.3 is 0 Å². The van der Waals surface area contributed by atoms with E-state index in [4.69, 9.17) is 0 Å². The van der Waals surface area contributed by atoms with E-state index in [1.165, 1.54) is 5.56 Å². The predicted molar refractivity (Wildman–Crippen MR) is 119 cm³/mol. The summed E-state index contributed by atoms with van der Waals surface area (Å²) >= 11 is 1.56. The fourth-order valence-corrected chi connectivity index (χ4v) is 4.23. The number of hydrogen-bond donors (Lipinski definition) is 1. The quantitative estimate of drug-likeness (QED) is 0.432. The molecule has 0 atom stereocenters. The van der Waals surface area contributed by atoms with Crippen molar-refractivity contribution in [1.29, 1.82) is 0 Å². The molecule has 0 unspecified atom stereocenters. The maximum atomic E-state index is 12.9. The molecule has 2 aromatic carbocycles. The molecule has 2 aromatic heterocycles. The maximum absolute atomic E-state index is 12.9. The molecule has 5 heteroatoms. The van der Waals surface area contributed by atoms with Gasteiger partial charge in [-0.2, -0.15) is 0 Å². The zero-order valence-electron chi connectivity index (χ0n) is 16.3. The normalized spacial score (nSPS) is 10.8. The smallest absolute Gasteiger partial charge is 0.258 e. The molecule has 4 rings (SSSR count). The number of carbonyl (C=O) groups excluding carboxylic acids is 1. The number of benzene rings is 2. The van der Waals surface area contributed by atoms with Crippen LogP contribution >= 0.6 is 11.8 Å². The second-order valence-electron chi connectivity index (χ2n) is 7.01. The third-order valence-electron chi connectivity index (χ3n) is 4.54. The van der Waals surface area contributed by atoms with Crippen LogP contribution in [0, 0.1) is 13.8 Å². The first kappa shape index (κ1) is 19.2. The standard InChI is InChI=1S/C24H21N3OS/c1-16-11-17(2)13-20(12-16)27-23(28)21-6-4-10-26-24(21)29-15-18-7-8-22-19(14-18)5-3-9-25-22/h3-14H,15H2,1-2H3,(H,27,28). The highest BCUT2D eigenvalue weighted by Gasteiger charge is 2.13. The topological polar surface area (TPSA) is 54.9 Å². The van der Waals surface area contributed by atoms with Gasteiger partial charge in [-0.1, -0.05) is 18.2 Å². The van der Waals surface area contributed by atoms with Crippen molar-refractivity contribution in [1.82, 2.24) is 9.97 Å². The summed E-state index contributed by atoms with van der Waals surface area (Å²) in [7, 11) is 0. The summed E-state index contributed by atoms with van der Waals surface area (Å²) in [4.78, 5) is 21.7. The molecule has 4 nitrogen and oxygen atoms in total. The molecule has 0 bridgehead atoms. The Kier molecular flexibility index (Phi) is 5.58. The van der Waals surface area contributed by atoms with Crippen molar-refractivity contribution < 1.29 is 4.79 Å². The summed E-state index contributed by atoms with van der Waals surface area (Å²) in [6, 6.07) is 19.9. The van der Waals surface area contributed by atoms with E-state index in [-0.39, 0.29) is 5.91 Å². The van der Waals surface area contributed by atoms with E-state index in [0.29, 0.717) is 5.56 Å². The number of aromatic nitrogens is 2. The molecule has 4 aromatic rings. The second kappa shape index (κ2) is 8.45. The average Bonchev–Trinajstić information content (AvgIpc) is 2.71. The molecule has 1 amide bonds. The minimum absolute atomic E-state index is 0.145. The van der Waals surface area contributed by atoms with Crippen LogP contribution in [0.3, 0.4) is 0 Å².